The number of halogens is 1. The molecular formula is C15H16ClN3O2. The van der Waals surface area contributed by atoms with E-state index < -0.39 is 11.6 Å². The van der Waals surface area contributed by atoms with Crippen LogP contribution in [0, 0.1) is 0 Å². The van der Waals surface area contributed by atoms with Gasteiger partial charge in [0.2, 0.25) is 0 Å². The van der Waals surface area contributed by atoms with E-state index in [-0.39, 0.29) is 6.54 Å². The van der Waals surface area contributed by atoms with Crippen molar-refractivity contribution in [1.82, 2.24) is 10.3 Å². The Morgan fingerprint density at radius 2 is 2.05 bits per heavy atom. The van der Waals surface area contributed by atoms with Crippen LogP contribution >= 0.6 is 11.6 Å². The average molecular weight is 306 g/mol. The van der Waals surface area contributed by atoms with Crippen LogP contribution in [-0.4, -0.2) is 22.7 Å². The van der Waals surface area contributed by atoms with E-state index in [4.69, 9.17) is 11.6 Å². The minimum atomic E-state index is -1.14. The number of aliphatic hydroxyl groups is 1. The number of hydrogen-bond donors (Lipinski definition) is 3. The van der Waals surface area contributed by atoms with Crippen LogP contribution in [0.4, 0.5) is 10.5 Å². The van der Waals surface area contributed by atoms with Gasteiger partial charge in [-0.15, -0.1) is 0 Å². The molecule has 6 heteroatoms. The Bertz CT molecular complexity index is 617. The van der Waals surface area contributed by atoms with Gasteiger partial charge in [-0.3, -0.25) is 0 Å². The molecule has 0 aliphatic carbocycles. The number of carbonyl (C=O) groups excluding carboxylic acids is 1. The third-order valence-electron chi connectivity index (χ3n) is 2.97. The van der Waals surface area contributed by atoms with Gasteiger partial charge in [-0.05, 0) is 24.6 Å². The van der Waals surface area contributed by atoms with Gasteiger partial charge in [-0.2, -0.15) is 0 Å². The van der Waals surface area contributed by atoms with E-state index in [9.17, 15) is 9.90 Å². The number of hydrogen-bond acceptors (Lipinski definition) is 3. The Labute approximate surface area is 128 Å². The lowest BCUT2D eigenvalue weighted by atomic mass is 9.96. The normalized spacial score (nSPS) is 13.3. The first-order valence-electron chi connectivity index (χ1n) is 6.42. The van der Waals surface area contributed by atoms with E-state index in [2.05, 4.69) is 15.6 Å². The number of anilines is 1. The molecule has 21 heavy (non-hydrogen) atoms. The smallest absolute Gasteiger partial charge is 0.319 e. The van der Waals surface area contributed by atoms with E-state index >= 15 is 0 Å². The van der Waals surface area contributed by atoms with Crippen molar-refractivity contribution in [3.63, 3.8) is 0 Å². The molecule has 1 heterocycles. The van der Waals surface area contributed by atoms with Gasteiger partial charge in [0.1, 0.15) is 10.8 Å². The largest absolute Gasteiger partial charge is 0.384 e. The van der Waals surface area contributed by atoms with Crippen molar-refractivity contribution < 1.29 is 9.90 Å². The van der Waals surface area contributed by atoms with E-state index in [0.29, 0.717) is 10.8 Å². The average Bonchev–Trinajstić information content (AvgIpc) is 2.46. The maximum atomic E-state index is 11.8. The molecule has 0 aliphatic rings. The monoisotopic (exact) mass is 305 g/mol. The van der Waals surface area contributed by atoms with Crippen molar-refractivity contribution in [2.45, 2.75) is 12.5 Å². The summed E-state index contributed by atoms with van der Waals surface area (Å²) < 4.78 is 0. The third-order valence-corrected chi connectivity index (χ3v) is 3.18. The van der Waals surface area contributed by atoms with Crippen molar-refractivity contribution in [3.8, 4) is 0 Å². The molecule has 5 nitrogen and oxygen atoms in total. The lowest BCUT2D eigenvalue weighted by Crippen LogP contribution is -2.40. The molecule has 0 radical (unpaired) electrons. The molecule has 1 atom stereocenters. The Morgan fingerprint density at radius 3 is 2.71 bits per heavy atom. The van der Waals surface area contributed by atoms with Crippen molar-refractivity contribution in [2.75, 3.05) is 11.9 Å². The minimum Gasteiger partial charge on any atom is -0.384 e. The summed E-state index contributed by atoms with van der Waals surface area (Å²) in [6.07, 6.45) is 1.50. The first kappa shape index (κ1) is 15.3. The first-order valence-corrected chi connectivity index (χ1v) is 6.79. The molecule has 1 unspecified atom stereocenters. The molecule has 2 rings (SSSR count). The maximum Gasteiger partial charge on any atom is 0.319 e. The van der Waals surface area contributed by atoms with Crippen molar-refractivity contribution in [2.24, 2.45) is 0 Å². The van der Waals surface area contributed by atoms with Crippen LogP contribution in [0.25, 0.3) is 0 Å². The SMILES string of the molecule is CC(O)(CNC(=O)Nc1ccnc(Cl)c1)c1ccccc1. The van der Waals surface area contributed by atoms with Crippen molar-refractivity contribution >= 4 is 23.3 Å². The van der Waals surface area contributed by atoms with Crippen LogP contribution < -0.4 is 10.6 Å². The van der Waals surface area contributed by atoms with Gasteiger partial charge in [-0.1, -0.05) is 41.9 Å². The summed E-state index contributed by atoms with van der Waals surface area (Å²) >= 11 is 5.74. The Balaban J connectivity index is 1.92. The standard InChI is InChI=1S/C15H16ClN3O2/c1-15(21,11-5-3-2-4-6-11)10-18-14(20)19-12-7-8-17-13(16)9-12/h2-9,21H,10H2,1H3,(H2,17,18,19,20). The van der Waals surface area contributed by atoms with Crippen LogP contribution in [-0.2, 0) is 5.60 Å². The van der Waals surface area contributed by atoms with Gasteiger partial charge in [0, 0.05) is 11.9 Å². The van der Waals surface area contributed by atoms with Crippen LogP contribution in [0.1, 0.15) is 12.5 Å². The molecule has 110 valence electrons. The highest BCUT2D eigenvalue weighted by Crippen LogP contribution is 2.19. The van der Waals surface area contributed by atoms with Crippen LogP contribution in [0.2, 0.25) is 5.15 Å². The zero-order chi connectivity index (χ0) is 15.3. The number of urea groups is 1. The number of nitrogens with one attached hydrogen (secondary N) is 2. The molecule has 0 fully saturated rings. The Kier molecular flexibility index (Phi) is 4.77. The highest BCUT2D eigenvalue weighted by Gasteiger charge is 2.23. The highest BCUT2D eigenvalue weighted by molar-refractivity contribution is 6.29. The highest BCUT2D eigenvalue weighted by atomic mass is 35.5. The van der Waals surface area contributed by atoms with E-state index in [0.717, 1.165) is 5.56 Å². The summed E-state index contributed by atoms with van der Waals surface area (Å²) in [5.74, 6) is 0. The lowest BCUT2D eigenvalue weighted by Gasteiger charge is -2.24. The zero-order valence-corrected chi connectivity index (χ0v) is 12.3. The van der Waals surface area contributed by atoms with Crippen molar-refractivity contribution in [3.05, 3.63) is 59.4 Å². The predicted octanol–water partition coefficient (Wildman–Crippen LogP) is 2.76. The fourth-order valence-corrected chi connectivity index (χ4v) is 1.98. The molecule has 0 spiro atoms. The molecule has 2 aromatic rings. The molecule has 0 saturated carbocycles. The zero-order valence-electron chi connectivity index (χ0n) is 11.5. The number of carbonyl (C=O) groups is 1. The number of benzene rings is 1. The number of rotatable bonds is 4. The quantitative estimate of drug-likeness (QED) is 0.760. The Hall–Kier alpha value is -2.11. The second-order valence-electron chi connectivity index (χ2n) is 4.81. The van der Waals surface area contributed by atoms with Crippen LogP contribution in [0.5, 0.6) is 0 Å². The van der Waals surface area contributed by atoms with Gasteiger partial charge in [0.15, 0.2) is 0 Å². The molecule has 0 bridgehead atoms. The van der Waals surface area contributed by atoms with Gasteiger partial charge in [0.25, 0.3) is 0 Å². The molecule has 1 aromatic heterocycles. The topological polar surface area (TPSA) is 74.2 Å². The molecule has 2 amide bonds. The molecule has 3 N–H and O–H groups in total. The fraction of sp³-hybridized carbons (Fsp3) is 0.200. The number of nitrogens with zero attached hydrogens (tertiary/aromatic N) is 1. The number of aromatic nitrogens is 1. The first-order chi connectivity index (χ1) is 9.97. The summed E-state index contributed by atoms with van der Waals surface area (Å²) in [4.78, 5) is 15.6. The number of amides is 2. The Morgan fingerprint density at radius 1 is 1.33 bits per heavy atom. The fourth-order valence-electron chi connectivity index (χ4n) is 1.81. The van der Waals surface area contributed by atoms with Gasteiger partial charge in [0.05, 0.1) is 6.54 Å². The number of pyridine rings is 1. The molecule has 0 aliphatic heterocycles. The van der Waals surface area contributed by atoms with Crippen LogP contribution in [0.15, 0.2) is 48.7 Å². The van der Waals surface area contributed by atoms with Gasteiger partial charge < -0.3 is 15.7 Å². The lowest BCUT2D eigenvalue weighted by molar-refractivity contribution is 0.0599. The van der Waals surface area contributed by atoms with Gasteiger partial charge >= 0.3 is 6.03 Å². The summed E-state index contributed by atoms with van der Waals surface area (Å²) in [5, 5.41) is 15.9. The van der Waals surface area contributed by atoms with Gasteiger partial charge in [-0.25, -0.2) is 9.78 Å². The van der Waals surface area contributed by atoms with E-state index in [1.165, 1.54) is 12.3 Å². The minimum absolute atomic E-state index is 0.0850. The van der Waals surface area contributed by atoms with Crippen LogP contribution in [0.3, 0.4) is 0 Å². The summed E-state index contributed by atoms with van der Waals surface area (Å²) in [5.41, 5.74) is 0.123. The van der Waals surface area contributed by atoms with E-state index in [1.54, 1.807) is 13.0 Å². The predicted molar refractivity (Wildman–Crippen MR) is 82.3 cm³/mol. The van der Waals surface area contributed by atoms with E-state index in [1.807, 2.05) is 30.3 Å². The molecular weight excluding hydrogens is 290 g/mol. The summed E-state index contributed by atoms with van der Waals surface area (Å²) in [7, 11) is 0. The molecule has 0 saturated heterocycles. The summed E-state index contributed by atoms with van der Waals surface area (Å²) in [6.45, 7) is 1.73. The molecule has 1 aromatic carbocycles. The van der Waals surface area contributed by atoms with Crippen molar-refractivity contribution in [1.29, 1.82) is 0 Å². The summed E-state index contributed by atoms with van der Waals surface area (Å²) in [6, 6.07) is 11.9. The second-order valence-corrected chi connectivity index (χ2v) is 5.20. The maximum absolute atomic E-state index is 11.8. The third kappa shape index (κ3) is 4.44. The second kappa shape index (κ2) is 6.56.